The third kappa shape index (κ3) is 5.57. The van der Waals surface area contributed by atoms with Crippen LogP contribution in [0.4, 0.5) is 0 Å². The summed E-state index contributed by atoms with van der Waals surface area (Å²) in [6.07, 6.45) is 4.20. The number of hydrogen-bond donors (Lipinski definition) is 2. The summed E-state index contributed by atoms with van der Waals surface area (Å²) in [6, 6.07) is 0.234. The van der Waals surface area contributed by atoms with E-state index < -0.39 is 11.5 Å². The van der Waals surface area contributed by atoms with Crippen molar-refractivity contribution < 1.29 is 14.6 Å². The molecule has 1 fully saturated rings. The molecule has 0 spiro atoms. The molecule has 124 valence electrons. The highest BCUT2D eigenvalue weighted by atomic mass is 16.5. The van der Waals surface area contributed by atoms with Crippen LogP contribution in [-0.2, 0) is 9.53 Å². The Balaban J connectivity index is 2.56. The second-order valence-corrected chi connectivity index (χ2v) is 6.35. The minimum atomic E-state index is -0.856. The summed E-state index contributed by atoms with van der Waals surface area (Å²) in [7, 11) is 0. The van der Waals surface area contributed by atoms with Gasteiger partial charge in [0, 0.05) is 19.2 Å². The number of piperidine rings is 1. The van der Waals surface area contributed by atoms with Gasteiger partial charge in [0.15, 0.2) is 0 Å². The van der Waals surface area contributed by atoms with E-state index in [9.17, 15) is 9.90 Å². The fourth-order valence-electron chi connectivity index (χ4n) is 3.13. The Hall–Kier alpha value is -0.650. The highest BCUT2D eigenvalue weighted by Gasteiger charge is 2.36. The topological polar surface area (TPSA) is 61.8 Å². The van der Waals surface area contributed by atoms with Crippen molar-refractivity contribution in [2.24, 2.45) is 0 Å². The van der Waals surface area contributed by atoms with Crippen LogP contribution >= 0.6 is 0 Å². The number of carboxylic acid groups (broad SMARTS) is 1. The highest BCUT2D eigenvalue weighted by molar-refractivity contribution is 5.78. The molecule has 1 aliphatic rings. The van der Waals surface area contributed by atoms with Crippen LogP contribution in [0.5, 0.6) is 0 Å². The van der Waals surface area contributed by atoms with Crippen molar-refractivity contribution in [3.05, 3.63) is 0 Å². The predicted molar refractivity (Wildman–Crippen MR) is 84.6 cm³/mol. The highest BCUT2D eigenvalue weighted by Crippen LogP contribution is 2.22. The second kappa shape index (κ2) is 8.71. The summed E-state index contributed by atoms with van der Waals surface area (Å²) in [5.41, 5.74) is -0.856. The second-order valence-electron chi connectivity index (χ2n) is 6.35. The summed E-state index contributed by atoms with van der Waals surface area (Å²) >= 11 is 0. The number of ether oxygens (including phenoxy) is 1. The van der Waals surface area contributed by atoms with Crippen LogP contribution in [0.25, 0.3) is 0 Å². The third-order valence-electron chi connectivity index (χ3n) is 4.33. The Morgan fingerprint density at radius 2 is 2.24 bits per heavy atom. The summed E-state index contributed by atoms with van der Waals surface area (Å²) in [6.45, 7) is 11.4. The van der Waals surface area contributed by atoms with E-state index in [-0.39, 0.29) is 6.04 Å². The minimum absolute atomic E-state index is 0.234. The smallest absolute Gasteiger partial charge is 0.323 e. The SMILES string of the molecule is CCCOC1CCCN(C(C)CC(C)(NCC)C(=O)O)C1. The van der Waals surface area contributed by atoms with Gasteiger partial charge in [-0.3, -0.25) is 9.69 Å². The Bertz CT molecular complexity index is 325. The number of likely N-dealkylation sites (N-methyl/N-ethyl adjacent to an activating group) is 1. The van der Waals surface area contributed by atoms with Gasteiger partial charge in [-0.25, -0.2) is 0 Å². The first-order valence-electron chi connectivity index (χ1n) is 8.27. The molecule has 0 aliphatic carbocycles. The summed E-state index contributed by atoms with van der Waals surface area (Å²) < 4.78 is 5.86. The number of rotatable bonds is 9. The van der Waals surface area contributed by atoms with E-state index in [1.165, 1.54) is 0 Å². The van der Waals surface area contributed by atoms with Crippen LogP contribution in [0, 0.1) is 0 Å². The van der Waals surface area contributed by atoms with Gasteiger partial charge in [0.05, 0.1) is 6.10 Å². The maximum atomic E-state index is 11.5. The zero-order valence-electron chi connectivity index (χ0n) is 14.0. The molecule has 5 heteroatoms. The molecule has 1 saturated heterocycles. The molecule has 0 amide bonds. The molecule has 1 rings (SSSR count). The molecule has 0 radical (unpaired) electrons. The van der Waals surface area contributed by atoms with Crippen LogP contribution in [0.3, 0.4) is 0 Å². The number of carboxylic acids is 1. The lowest BCUT2D eigenvalue weighted by atomic mass is 9.91. The molecule has 0 aromatic heterocycles. The lowest BCUT2D eigenvalue weighted by Crippen LogP contribution is -2.55. The van der Waals surface area contributed by atoms with E-state index in [0.717, 1.165) is 39.0 Å². The van der Waals surface area contributed by atoms with Gasteiger partial charge in [-0.15, -0.1) is 0 Å². The van der Waals surface area contributed by atoms with Crippen LogP contribution in [0.15, 0.2) is 0 Å². The first kappa shape index (κ1) is 18.4. The lowest BCUT2D eigenvalue weighted by Gasteiger charge is -2.39. The maximum Gasteiger partial charge on any atom is 0.323 e. The van der Waals surface area contributed by atoms with Crippen molar-refractivity contribution >= 4 is 5.97 Å². The average molecular weight is 300 g/mol. The molecule has 5 nitrogen and oxygen atoms in total. The lowest BCUT2D eigenvalue weighted by molar-refractivity contribution is -0.145. The Morgan fingerprint density at radius 1 is 1.52 bits per heavy atom. The van der Waals surface area contributed by atoms with Crippen LogP contribution in [0.1, 0.15) is 53.4 Å². The van der Waals surface area contributed by atoms with E-state index in [2.05, 4.69) is 24.1 Å². The molecular formula is C16H32N2O3. The zero-order chi connectivity index (χ0) is 15.9. The van der Waals surface area contributed by atoms with Gasteiger partial charge < -0.3 is 15.2 Å². The van der Waals surface area contributed by atoms with Crippen molar-refractivity contribution in [3.8, 4) is 0 Å². The van der Waals surface area contributed by atoms with Gasteiger partial charge >= 0.3 is 5.97 Å². The molecule has 3 atom stereocenters. The molecule has 1 heterocycles. The fourth-order valence-corrected chi connectivity index (χ4v) is 3.13. The minimum Gasteiger partial charge on any atom is -0.480 e. The Morgan fingerprint density at radius 3 is 2.81 bits per heavy atom. The summed E-state index contributed by atoms with van der Waals surface area (Å²) in [5, 5.41) is 12.6. The quantitative estimate of drug-likeness (QED) is 0.683. The van der Waals surface area contributed by atoms with Crippen molar-refractivity contribution in [2.45, 2.75) is 71.1 Å². The summed E-state index contributed by atoms with van der Waals surface area (Å²) in [4.78, 5) is 13.9. The van der Waals surface area contributed by atoms with E-state index >= 15 is 0 Å². The Labute approximate surface area is 129 Å². The first-order valence-corrected chi connectivity index (χ1v) is 8.27. The number of aliphatic carboxylic acids is 1. The van der Waals surface area contributed by atoms with Crippen molar-refractivity contribution in [1.29, 1.82) is 0 Å². The molecule has 21 heavy (non-hydrogen) atoms. The van der Waals surface area contributed by atoms with Crippen molar-refractivity contribution in [3.63, 3.8) is 0 Å². The summed E-state index contributed by atoms with van der Waals surface area (Å²) in [5.74, 6) is -0.771. The average Bonchev–Trinajstić information content (AvgIpc) is 2.45. The van der Waals surface area contributed by atoms with Gasteiger partial charge in [-0.05, 0) is 52.6 Å². The molecule has 2 N–H and O–H groups in total. The van der Waals surface area contributed by atoms with Gasteiger partial charge in [-0.2, -0.15) is 0 Å². The van der Waals surface area contributed by atoms with E-state index in [4.69, 9.17) is 4.74 Å². The van der Waals surface area contributed by atoms with Crippen LogP contribution in [-0.4, -0.2) is 59.9 Å². The van der Waals surface area contributed by atoms with Gasteiger partial charge in [0.25, 0.3) is 0 Å². The largest absolute Gasteiger partial charge is 0.480 e. The number of likely N-dealkylation sites (tertiary alicyclic amines) is 1. The molecule has 0 aromatic carbocycles. The number of hydrogen-bond acceptors (Lipinski definition) is 4. The van der Waals surface area contributed by atoms with E-state index in [0.29, 0.717) is 19.1 Å². The Kier molecular flexibility index (Phi) is 7.63. The van der Waals surface area contributed by atoms with Gasteiger partial charge in [0.1, 0.15) is 5.54 Å². The van der Waals surface area contributed by atoms with Gasteiger partial charge in [0.2, 0.25) is 0 Å². The van der Waals surface area contributed by atoms with Crippen LogP contribution < -0.4 is 5.32 Å². The monoisotopic (exact) mass is 300 g/mol. The standard InChI is InChI=1S/C16H32N2O3/c1-5-10-21-14-8-7-9-18(12-14)13(3)11-16(4,15(19)20)17-6-2/h13-14,17H,5-12H2,1-4H3,(H,19,20). The van der Waals surface area contributed by atoms with E-state index in [1.807, 2.05) is 6.92 Å². The maximum absolute atomic E-state index is 11.5. The molecule has 0 bridgehead atoms. The number of carbonyl (C=O) groups is 1. The molecular weight excluding hydrogens is 268 g/mol. The van der Waals surface area contributed by atoms with Crippen molar-refractivity contribution in [1.82, 2.24) is 10.2 Å². The zero-order valence-corrected chi connectivity index (χ0v) is 14.0. The molecule has 1 aliphatic heterocycles. The van der Waals surface area contributed by atoms with Crippen LogP contribution in [0.2, 0.25) is 0 Å². The normalized spacial score (nSPS) is 24.5. The fraction of sp³-hybridized carbons (Fsp3) is 0.938. The third-order valence-corrected chi connectivity index (χ3v) is 4.33. The van der Waals surface area contributed by atoms with E-state index in [1.54, 1.807) is 6.92 Å². The molecule has 0 saturated carbocycles. The predicted octanol–water partition coefficient (Wildman–Crippen LogP) is 2.11. The number of nitrogens with one attached hydrogen (secondary N) is 1. The number of nitrogens with zero attached hydrogens (tertiary/aromatic N) is 1. The van der Waals surface area contributed by atoms with Gasteiger partial charge in [-0.1, -0.05) is 13.8 Å². The molecule has 3 unspecified atom stereocenters. The first-order chi connectivity index (χ1) is 9.92. The van der Waals surface area contributed by atoms with Crippen molar-refractivity contribution in [2.75, 3.05) is 26.2 Å². The molecule has 0 aromatic rings.